The molecule has 2 heterocycles. The molecule has 27 heavy (non-hydrogen) atoms. The normalized spacial score (nSPS) is 13.6. The highest BCUT2D eigenvalue weighted by Crippen LogP contribution is 2.39. The van der Waals surface area contributed by atoms with Crippen LogP contribution in [0.25, 0.3) is 0 Å². The predicted molar refractivity (Wildman–Crippen MR) is 115 cm³/mol. The summed E-state index contributed by atoms with van der Waals surface area (Å²) in [6.07, 6.45) is 1.92. The highest BCUT2D eigenvalue weighted by molar-refractivity contribution is 8.13. The fourth-order valence-corrected chi connectivity index (χ4v) is 4.43. The molecule has 1 aliphatic heterocycles. The van der Waals surface area contributed by atoms with Crippen LogP contribution in [0.15, 0.2) is 34.4 Å². The molecule has 1 aliphatic rings. The number of halogens is 1. The summed E-state index contributed by atoms with van der Waals surface area (Å²) in [6, 6.07) is 7.54. The SMILES string of the molecule is CCOC(=O)CN1N=C(c2ccc(Cl)cc2)c2c(sc(C)c2C)N=C1SC. The lowest BCUT2D eigenvalue weighted by Gasteiger charge is -2.18. The first-order chi connectivity index (χ1) is 12.9. The van der Waals surface area contributed by atoms with E-state index in [1.54, 1.807) is 23.3 Å². The smallest absolute Gasteiger partial charge is 0.327 e. The van der Waals surface area contributed by atoms with Gasteiger partial charge >= 0.3 is 5.97 Å². The van der Waals surface area contributed by atoms with Gasteiger partial charge in [-0.15, -0.1) is 11.3 Å². The standard InChI is InChI=1S/C19H20ClN3O2S2/c1-5-25-15(24)10-23-19(26-4)21-18-16(11(2)12(3)27-18)17(22-23)13-6-8-14(20)9-7-13/h6-9H,5,10H2,1-4H3. The molecule has 1 aromatic carbocycles. The number of nitrogens with zero attached hydrogens (tertiary/aromatic N) is 3. The minimum absolute atomic E-state index is 0.0115. The van der Waals surface area contributed by atoms with Crippen molar-refractivity contribution in [3.8, 4) is 0 Å². The Kier molecular flexibility index (Phi) is 6.24. The Labute approximate surface area is 172 Å². The molecule has 2 aromatic rings. The van der Waals surface area contributed by atoms with Crippen LogP contribution in [0.2, 0.25) is 5.02 Å². The predicted octanol–water partition coefficient (Wildman–Crippen LogP) is 5.00. The molecule has 1 aromatic heterocycles. The third-order valence-electron chi connectivity index (χ3n) is 4.13. The van der Waals surface area contributed by atoms with Gasteiger partial charge < -0.3 is 4.74 Å². The average molecular weight is 422 g/mol. The van der Waals surface area contributed by atoms with E-state index in [9.17, 15) is 4.79 Å². The van der Waals surface area contributed by atoms with Gasteiger partial charge in [-0.3, -0.25) is 4.79 Å². The molecule has 0 fully saturated rings. The van der Waals surface area contributed by atoms with Crippen LogP contribution in [0, 0.1) is 13.8 Å². The Morgan fingerprint density at radius 1 is 1.30 bits per heavy atom. The number of amidine groups is 1. The van der Waals surface area contributed by atoms with Crippen LogP contribution in [0.5, 0.6) is 0 Å². The number of thioether (sulfide) groups is 1. The molecule has 0 amide bonds. The van der Waals surface area contributed by atoms with Crippen molar-refractivity contribution < 1.29 is 9.53 Å². The molecule has 0 spiro atoms. The van der Waals surface area contributed by atoms with Gasteiger partial charge in [0, 0.05) is 21.0 Å². The van der Waals surface area contributed by atoms with Crippen molar-refractivity contribution in [2.75, 3.05) is 19.4 Å². The summed E-state index contributed by atoms with van der Waals surface area (Å²) in [5.41, 5.74) is 3.84. The zero-order chi connectivity index (χ0) is 19.6. The maximum Gasteiger partial charge on any atom is 0.327 e. The molecule has 0 radical (unpaired) electrons. The lowest BCUT2D eigenvalue weighted by atomic mass is 10.0. The number of carbonyl (C=O) groups excluding carboxylic acids is 1. The van der Waals surface area contributed by atoms with Crippen molar-refractivity contribution in [2.45, 2.75) is 20.8 Å². The van der Waals surface area contributed by atoms with Crippen LogP contribution in [-0.2, 0) is 9.53 Å². The van der Waals surface area contributed by atoms with Gasteiger partial charge in [-0.2, -0.15) is 5.10 Å². The minimum atomic E-state index is -0.336. The number of rotatable bonds is 4. The second kappa shape index (κ2) is 8.46. The molecule has 5 nitrogen and oxygen atoms in total. The highest BCUT2D eigenvalue weighted by Gasteiger charge is 2.26. The molecule has 0 unspecified atom stereocenters. The van der Waals surface area contributed by atoms with Crippen LogP contribution in [-0.4, -0.2) is 41.3 Å². The van der Waals surface area contributed by atoms with Gasteiger partial charge in [0.2, 0.25) is 0 Å². The van der Waals surface area contributed by atoms with Crippen LogP contribution >= 0.6 is 34.7 Å². The fourth-order valence-electron chi connectivity index (χ4n) is 2.72. The highest BCUT2D eigenvalue weighted by atomic mass is 35.5. The van der Waals surface area contributed by atoms with E-state index >= 15 is 0 Å². The molecule has 0 saturated heterocycles. The van der Waals surface area contributed by atoms with Gasteiger partial charge in [0.1, 0.15) is 17.3 Å². The summed E-state index contributed by atoms with van der Waals surface area (Å²) in [5, 5.41) is 8.67. The number of aryl methyl sites for hydroxylation is 1. The first-order valence-electron chi connectivity index (χ1n) is 8.45. The van der Waals surface area contributed by atoms with Gasteiger partial charge in [0.05, 0.1) is 6.61 Å². The second-order valence-corrected chi connectivity index (χ2v) is 8.29. The second-order valence-electron chi connectivity index (χ2n) is 5.88. The molecule has 0 N–H and O–H groups in total. The summed E-state index contributed by atoms with van der Waals surface area (Å²) >= 11 is 9.14. The van der Waals surface area contributed by atoms with E-state index in [0.29, 0.717) is 16.8 Å². The Hall–Kier alpha value is -1.83. The lowest BCUT2D eigenvalue weighted by molar-refractivity contribution is -0.143. The molecular formula is C19H20ClN3O2S2. The zero-order valence-electron chi connectivity index (χ0n) is 15.6. The largest absolute Gasteiger partial charge is 0.465 e. The molecule has 3 rings (SSSR count). The molecule has 0 saturated carbocycles. The third-order valence-corrected chi connectivity index (χ3v) is 6.15. The van der Waals surface area contributed by atoms with Gasteiger partial charge in [0.15, 0.2) is 5.17 Å². The first kappa shape index (κ1) is 19.9. The number of ether oxygens (including phenoxy) is 1. The summed E-state index contributed by atoms with van der Waals surface area (Å²) in [7, 11) is 0. The van der Waals surface area contributed by atoms with Crippen molar-refractivity contribution in [2.24, 2.45) is 10.1 Å². The summed E-state index contributed by atoms with van der Waals surface area (Å²) < 4.78 is 5.11. The average Bonchev–Trinajstić information content (AvgIpc) is 2.82. The molecule has 0 atom stereocenters. The number of esters is 1. The number of hydrogen-bond donors (Lipinski definition) is 0. The summed E-state index contributed by atoms with van der Waals surface area (Å²) in [5.74, 6) is -0.336. The number of hydrazone groups is 1. The van der Waals surface area contributed by atoms with Crippen LogP contribution in [0.1, 0.15) is 28.5 Å². The van der Waals surface area contributed by atoms with Gasteiger partial charge in [-0.1, -0.05) is 35.5 Å². The van der Waals surface area contributed by atoms with Gasteiger partial charge in [-0.05, 0) is 44.7 Å². The number of fused-ring (bicyclic) bond motifs is 1. The van der Waals surface area contributed by atoms with E-state index < -0.39 is 0 Å². The van der Waals surface area contributed by atoms with Crippen molar-refractivity contribution in [3.63, 3.8) is 0 Å². The zero-order valence-corrected chi connectivity index (χ0v) is 18.0. The van der Waals surface area contributed by atoms with Crippen molar-refractivity contribution >= 4 is 56.5 Å². The maximum atomic E-state index is 12.1. The number of aliphatic imine (C=N–C) groups is 1. The maximum absolute atomic E-state index is 12.1. The molecular weight excluding hydrogens is 402 g/mol. The topological polar surface area (TPSA) is 54.3 Å². The molecule has 142 valence electrons. The first-order valence-corrected chi connectivity index (χ1v) is 10.9. The Balaban J connectivity index is 2.16. The number of benzene rings is 1. The lowest BCUT2D eigenvalue weighted by Crippen LogP contribution is -2.31. The summed E-state index contributed by atoms with van der Waals surface area (Å²) in [4.78, 5) is 18.1. The molecule has 0 bridgehead atoms. The van der Waals surface area contributed by atoms with Crippen LogP contribution in [0.4, 0.5) is 5.00 Å². The van der Waals surface area contributed by atoms with Crippen LogP contribution in [0.3, 0.4) is 0 Å². The third kappa shape index (κ3) is 4.20. The van der Waals surface area contributed by atoms with Crippen LogP contribution < -0.4 is 0 Å². The fraction of sp³-hybridized carbons (Fsp3) is 0.316. The van der Waals surface area contributed by atoms with Crippen molar-refractivity contribution in [1.82, 2.24) is 5.01 Å². The van der Waals surface area contributed by atoms with E-state index in [-0.39, 0.29) is 12.5 Å². The Morgan fingerprint density at radius 2 is 2.00 bits per heavy atom. The summed E-state index contributed by atoms with van der Waals surface area (Å²) in [6.45, 7) is 6.29. The molecule has 0 aliphatic carbocycles. The van der Waals surface area contributed by atoms with E-state index in [1.807, 2.05) is 30.5 Å². The van der Waals surface area contributed by atoms with E-state index in [2.05, 4.69) is 13.8 Å². The minimum Gasteiger partial charge on any atom is -0.465 e. The van der Waals surface area contributed by atoms with Gasteiger partial charge in [0.25, 0.3) is 0 Å². The quantitative estimate of drug-likeness (QED) is 0.652. The van der Waals surface area contributed by atoms with Gasteiger partial charge in [-0.25, -0.2) is 10.0 Å². The Morgan fingerprint density at radius 3 is 2.63 bits per heavy atom. The monoisotopic (exact) mass is 421 g/mol. The van der Waals surface area contributed by atoms with E-state index in [1.165, 1.54) is 16.6 Å². The van der Waals surface area contributed by atoms with Crippen molar-refractivity contribution in [3.05, 3.63) is 50.9 Å². The number of carbonyl (C=O) groups is 1. The van der Waals surface area contributed by atoms with Crippen molar-refractivity contribution in [1.29, 1.82) is 0 Å². The number of thiophene rings is 1. The van der Waals surface area contributed by atoms with E-state index in [0.717, 1.165) is 27.4 Å². The number of hydrogen-bond acceptors (Lipinski definition) is 7. The van der Waals surface area contributed by atoms with E-state index in [4.69, 9.17) is 26.4 Å². The molecule has 8 heteroatoms. The Bertz CT molecular complexity index is 920.